The number of hydrogen-bond donors (Lipinski definition) is 0. The second-order valence-corrected chi connectivity index (χ2v) is 16.2. The van der Waals surface area contributed by atoms with Gasteiger partial charge in [0.05, 0.1) is 0 Å². The molecule has 0 unspecified atom stereocenters. The molecule has 0 aliphatic carbocycles. The fourth-order valence-corrected chi connectivity index (χ4v) is 10.0. The van der Waals surface area contributed by atoms with Crippen LogP contribution in [0.3, 0.4) is 0 Å². The van der Waals surface area contributed by atoms with Gasteiger partial charge in [-0.2, -0.15) is 0 Å². The van der Waals surface area contributed by atoms with Crippen LogP contribution in [0.4, 0.5) is 4.39 Å². The molecule has 3 aromatic rings. The van der Waals surface area contributed by atoms with Crippen molar-refractivity contribution in [2.75, 3.05) is 0 Å². The fourth-order valence-electron chi connectivity index (χ4n) is 3.09. The van der Waals surface area contributed by atoms with E-state index in [0.717, 1.165) is 24.3 Å². The first-order chi connectivity index (χ1) is 14.8. The first-order valence-electron chi connectivity index (χ1n) is 10.4. The Morgan fingerprint density at radius 2 is 1.09 bits per heavy atom. The van der Waals surface area contributed by atoms with Crippen LogP contribution in [0.25, 0.3) is 0 Å². The summed E-state index contributed by atoms with van der Waals surface area (Å²) in [4.78, 5) is -0.431. The molecule has 0 atom stereocenters. The van der Waals surface area contributed by atoms with Crippen molar-refractivity contribution in [1.29, 1.82) is 0 Å². The molecule has 0 fully saturated rings. The average molecular weight is 568 g/mol. The zero-order chi connectivity index (χ0) is 23.7. The van der Waals surface area contributed by atoms with E-state index in [2.05, 4.69) is 41.5 Å². The summed E-state index contributed by atoms with van der Waals surface area (Å²) in [6, 6.07) is 21.2. The Labute approximate surface area is 199 Å². The molecular formula is C26H30FIO3S. The van der Waals surface area contributed by atoms with Gasteiger partial charge in [-0.25, -0.2) is 0 Å². The van der Waals surface area contributed by atoms with Crippen LogP contribution in [0.5, 0.6) is 0 Å². The monoisotopic (exact) mass is 568 g/mol. The molecular weight excluding hydrogens is 538 g/mol. The number of rotatable bonds is 5. The van der Waals surface area contributed by atoms with E-state index in [9.17, 15) is 12.8 Å². The molecule has 0 saturated carbocycles. The predicted octanol–water partition coefficient (Wildman–Crippen LogP) is 7.29. The molecule has 0 radical (unpaired) electrons. The van der Waals surface area contributed by atoms with Crippen molar-refractivity contribution in [1.82, 2.24) is 0 Å². The van der Waals surface area contributed by atoms with Gasteiger partial charge in [0.1, 0.15) is 0 Å². The van der Waals surface area contributed by atoms with E-state index in [4.69, 9.17) is 2.51 Å². The molecule has 3 nitrogen and oxygen atoms in total. The van der Waals surface area contributed by atoms with E-state index in [-0.39, 0.29) is 10.8 Å². The van der Waals surface area contributed by atoms with Gasteiger partial charge in [0, 0.05) is 0 Å². The molecule has 0 amide bonds. The average Bonchev–Trinajstić information content (AvgIpc) is 2.71. The third-order valence-electron chi connectivity index (χ3n) is 5.07. The van der Waals surface area contributed by atoms with Gasteiger partial charge in [-0.05, 0) is 0 Å². The molecule has 0 aromatic heterocycles. The van der Waals surface area contributed by atoms with Crippen LogP contribution in [0.1, 0.15) is 52.7 Å². The van der Waals surface area contributed by atoms with Crippen molar-refractivity contribution in [2.24, 2.45) is 0 Å². The Hall–Kier alpha value is -1.77. The van der Waals surface area contributed by atoms with Crippen molar-refractivity contribution in [3.63, 3.8) is 0 Å². The standard InChI is InChI=1S/C26H30FIO3S/c1-25(2,3)19-11-15-21(16-12-19)28(22-17-13-20(14-18-22)26(4,5)6)31-32(29,30)24-10-8-7-9-23(24)27/h7-18H,1-6H3. The summed E-state index contributed by atoms with van der Waals surface area (Å²) in [6.07, 6.45) is 0. The Bertz CT molecular complexity index is 1120. The zero-order valence-corrected chi connectivity index (χ0v) is 22.3. The molecule has 32 heavy (non-hydrogen) atoms. The van der Waals surface area contributed by atoms with Crippen LogP contribution in [-0.4, -0.2) is 8.42 Å². The quantitative estimate of drug-likeness (QED) is 0.304. The summed E-state index contributed by atoms with van der Waals surface area (Å²) in [6.45, 7) is 12.8. The molecule has 6 heteroatoms. The summed E-state index contributed by atoms with van der Waals surface area (Å²) >= 11 is -2.90. The Balaban J connectivity index is 2.06. The van der Waals surface area contributed by atoms with Crippen LogP contribution in [0.15, 0.2) is 77.7 Å². The first-order valence-corrected chi connectivity index (χ1v) is 14.8. The summed E-state index contributed by atoms with van der Waals surface area (Å²) in [5.41, 5.74) is 2.26. The van der Waals surface area contributed by atoms with E-state index in [1.165, 1.54) is 18.2 Å². The summed E-state index contributed by atoms with van der Waals surface area (Å²) in [5.74, 6) is -0.811. The Kier molecular flexibility index (Phi) is 7.17. The van der Waals surface area contributed by atoms with Crippen LogP contribution >= 0.6 is 20.2 Å². The van der Waals surface area contributed by atoms with Gasteiger partial charge in [-0.1, -0.05) is 0 Å². The number of benzene rings is 3. The van der Waals surface area contributed by atoms with E-state index in [1.54, 1.807) is 0 Å². The molecule has 0 aliphatic rings. The van der Waals surface area contributed by atoms with Gasteiger partial charge >= 0.3 is 200 Å². The van der Waals surface area contributed by atoms with Crippen LogP contribution in [-0.2, 0) is 23.5 Å². The van der Waals surface area contributed by atoms with Crippen molar-refractivity contribution < 1.29 is 15.3 Å². The first kappa shape index (κ1) is 24.9. The summed E-state index contributed by atoms with van der Waals surface area (Å²) in [7, 11) is -4.27. The Morgan fingerprint density at radius 1 is 0.688 bits per heavy atom. The van der Waals surface area contributed by atoms with E-state index >= 15 is 0 Å². The maximum atomic E-state index is 14.3. The topological polar surface area (TPSA) is 43.4 Å². The predicted molar refractivity (Wildman–Crippen MR) is 136 cm³/mol. The number of hydrogen-bond acceptors (Lipinski definition) is 3. The van der Waals surface area contributed by atoms with Gasteiger partial charge in [0.15, 0.2) is 0 Å². The Morgan fingerprint density at radius 3 is 1.47 bits per heavy atom. The number of halogens is 2. The molecule has 3 aromatic carbocycles. The van der Waals surface area contributed by atoms with E-state index in [0.29, 0.717) is 0 Å². The minimum absolute atomic E-state index is 0.0218. The van der Waals surface area contributed by atoms with E-state index in [1.807, 2.05) is 48.5 Å². The zero-order valence-electron chi connectivity index (χ0n) is 19.3. The fraction of sp³-hybridized carbons (Fsp3) is 0.308. The third-order valence-corrected chi connectivity index (χ3v) is 12.4. The van der Waals surface area contributed by atoms with Crippen molar-refractivity contribution in [2.45, 2.75) is 57.3 Å². The van der Waals surface area contributed by atoms with Gasteiger partial charge in [0.25, 0.3) is 0 Å². The molecule has 0 aliphatic heterocycles. The van der Waals surface area contributed by atoms with Gasteiger partial charge in [0.2, 0.25) is 0 Å². The molecule has 0 N–H and O–H groups in total. The molecule has 0 spiro atoms. The van der Waals surface area contributed by atoms with Crippen molar-refractivity contribution >= 4 is 30.4 Å². The normalized spacial score (nSPS) is 13.2. The van der Waals surface area contributed by atoms with Gasteiger partial charge in [-0.3, -0.25) is 0 Å². The minimum atomic E-state index is -4.27. The molecule has 0 heterocycles. The molecule has 0 saturated heterocycles. The van der Waals surface area contributed by atoms with Crippen molar-refractivity contribution in [3.05, 3.63) is 96.9 Å². The van der Waals surface area contributed by atoms with Crippen LogP contribution in [0.2, 0.25) is 0 Å². The second-order valence-electron chi connectivity index (χ2n) is 9.71. The van der Waals surface area contributed by atoms with Crippen LogP contribution in [0, 0.1) is 13.0 Å². The maximum absolute atomic E-state index is 14.3. The van der Waals surface area contributed by atoms with Gasteiger partial charge in [-0.15, -0.1) is 0 Å². The molecule has 0 bridgehead atoms. The summed E-state index contributed by atoms with van der Waals surface area (Å²) < 4.78 is 47.8. The van der Waals surface area contributed by atoms with E-state index < -0.39 is 41.1 Å². The molecule has 172 valence electrons. The van der Waals surface area contributed by atoms with Gasteiger partial charge < -0.3 is 0 Å². The van der Waals surface area contributed by atoms with Crippen LogP contribution < -0.4 is 0 Å². The van der Waals surface area contributed by atoms with Crippen molar-refractivity contribution in [3.8, 4) is 0 Å². The summed E-state index contributed by atoms with van der Waals surface area (Å²) in [5, 5.41) is 0. The third kappa shape index (κ3) is 5.77. The molecule has 3 rings (SSSR count). The SMILES string of the molecule is CC(C)(C)c1ccc(I(OS(=O)(=O)c2ccccc2F)c2ccc(C(C)(C)C)cc2)cc1. The second kappa shape index (κ2) is 9.23.